The lowest BCUT2D eigenvalue weighted by Crippen LogP contribution is -2.34. The first-order valence-electron chi connectivity index (χ1n) is 6.32. The Kier molecular flexibility index (Phi) is 3.03. The number of hydrogen-bond donors (Lipinski definition) is 1. The molecule has 0 fully saturated rings. The molecule has 3 heterocycles. The molecule has 0 aliphatic carbocycles. The molecular weight excluding hydrogens is 270 g/mol. The van der Waals surface area contributed by atoms with Gasteiger partial charge in [0.25, 0.3) is 0 Å². The van der Waals surface area contributed by atoms with E-state index >= 15 is 0 Å². The first-order valence-corrected chi connectivity index (χ1v) is 6.32. The van der Waals surface area contributed by atoms with E-state index in [2.05, 4.69) is 4.98 Å². The molecule has 21 heavy (non-hydrogen) atoms. The van der Waals surface area contributed by atoms with Crippen LogP contribution >= 0.6 is 0 Å². The van der Waals surface area contributed by atoms with E-state index in [1.165, 1.54) is 0 Å². The molecule has 0 saturated carbocycles. The van der Waals surface area contributed by atoms with E-state index in [0.29, 0.717) is 5.76 Å². The Balaban J connectivity index is 2.29. The van der Waals surface area contributed by atoms with Crippen molar-refractivity contribution in [3.05, 3.63) is 57.9 Å². The van der Waals surface area contributed by atoms with Gasteiger partial charge in [0.2, 0.25) is 5.90 Å². The molecule has 2 aromatic heterocycles. The molecule has 2 unspecified atom stereocenters. The van der Waals surface area contributed by atoms with Crippen LogP contribution in [0.25, 0.3) is 0 Å². The molecule has 0 bridgehead atoms. The van der Waals surface area contributed by atoms with Gasteiger partial charge >= 0.3 is 5.63 Å². The maximum atomic E-state index is 12.2. The summed E-state index contributed by atoms with van der Waals surface area (Å²) in [5.74, 6) is -0.953. The molecule has 1 aliphatic rings. The van der Waals surface area contributed by atoms with Gasteiger partial charge in [-0.15, -0.1) is 0 Å². The first-order chi connectivity index (χ1) is 10.1. The topological polar surface area (TPSA) is 100.0 Å². The number of nitrogens with one attached hydrogen (secondary N) is 1. The van der Waals surface area contributed by atoms with Crippen molar-refractivity contribution in [2.45, 2.75) is 12.8 Å². The maximum absolute atomic E-state index is 12.2. The zero-order chi connectivity index (χ0) is 15.0. The summed E-state index contributed by atoms with van der Waals surface area (Å²) in [6, 6.07) is 7.03. The van der Waals surface area contributed by atoms with Crippen LogP contribution < -0.4 is 10.4 Å². The summed E-state index contributed by atoms with van der Waals surface area (Å²) < 4.78 is 10.5. The van der Waals surface area contributed by atoms with Gasteiger partial charge in [0.15, 0.2) is 0 Å². The normalized spacial score (nSPS) is 20.3. The summed E-state index contributed by atoms with van der Waals surface area (Å²) in [6.45, 7) is 1.63. The highest BCUT2D eigenvalue weighted by Gasteiger charge is 2.39. The van der Waals surface area contributed by atoms with E-state index < -0.39 is 17.5 Å². The molecule has 0 aromatic carbocycles. The van der Waals surface area contributed by atoms with Crippen molar-refractivity contribution in [1.82, 2.24) is 4.98 Å². The van der Waals surface area contributed by atoms with Gasteiger partial charge < -0.3 is 9.15 Å². The minimum absolute atomic E-state index is 0.170. The third-order valence-corrected chi connectivity index (χ3v) is 3.42. The minimum Gasteiger partial charge on any atom is -0.441 e. The molecule has 6 heteroatoms. The zero-order valence-corrected chi connectivity index (χ0v) is 11.2. The number of ether oxygens (including phenoxy) is 1. The smallest absolute Gasteiger partial charge is 0.343 e. The number of fused-ring (bicyclic) bond motifs is 1. The molecule has 0 amide bonds. The summed E-state index contributed by atoms with van der Waals surface area (Å²) >= 11 is 0. The third-order valence-electron chi connectivity index (χ3n) is 3.42. The molecule has 1 N–H and O–H groups in total. The van der Waals surface area contributed by atoms with Crippen molar-refractivity contribution in [1.29, 1.82) is 10.7 Å². The Morgan fingerprint density at radius 2 is 2.10 bits per heavy atom. The summed E-state index contributed by atoms with van der Waals surface area (Å²) in [7, 11) is 0. The highest BCUT2D eigenvalue weighted by Crippen LogP contribution is 2.40. The standard InChI is InChI=1S/C15H11N3O3/c1-8-6-11-13(15(19)20-8)12(9-2-4-18-5-3-9)10(7-16)14(17)21-11/h2-6,10,12,17H,1H3. The Hall–Kier alpha value is -2.94. The van der Waals surface area contributed by atoms with E-state index in [1.54, 1.807) is 37.5 Å². The molecule has 3 rings (SSSR count). The molecular formula is C15H11N3O3. The first kappa shape index (κ1) is 13.1. The van der Waals surface area contributed by atoms with Crippen LogP contribution in [-0.2, 0) is 0 Å². The van der Waals surface area contributed by atoms with Gasteiger partial charge in [0.05, 0.1) is 11.6 Å². The van der Waals surface area contributed by atoms with E-state index in [0.717, 1.165) is 5.56 Å². The SMILES string of the molecule is Cc1cc2c(c(=O)o1)C(c1ccncc1)C(C#N)C(=N)O2. The van der Waals surface area contributed by atoms with Gasteiger partial charge in [0, 0.05) is 24.4 Å². The number of nitriles is 1. The van der Waals surface area contributed by atoms with Crippen molar-refractivity contribution in [2.75, 3.05) is 0 Å². The number of nitrogens with zero attached hydrogens (tertiary/aromatic N) is 2. The van der Waals surface area contributed by atoms with Crippen LogP contribution in [-0.4, -0.2) is 10.9 Å². The quantitative estimate of drug-likeness (QED) is 0.861. The second-order valence-electron chi connectivity index (χ2n) is 4.75. The van der Waals surface area contributed by atoms with Gasteiger partial charge in [0.1, 0.15) is 17.4 Å². The number of aromatic nitrogens is 1. The number of pyridine rings is 1. The summed E-state index contributed by atoms with van der Waals surface area (Å²) in [4.78, 5) is 16.1. The Labute approximate surface area is 120 Å². The molecule has 6 nitrogen and oxygen atoms in total. The van der Waals surface area contributed by atoms with Gasteiger partial charge in [-0.05, 0) is 24.6 Å². The molecule has 0 saturated heterocycles. The van der Waals surface area contributed by atoms with Crippen LogP contribution in [0.15, 0.2) is 39.8 Å². The average Bonchev–Trinajstić information content (AvgIpc) is 2.46. The fraction of sp³-hybridized carbons (Fsp3) is 0.200. The number of hydrogen-bond acceptors (Lipinski definition) is 6. The average molecular weight is 281 g/mol. The van der Waals surface area contributed by atoms with Gasteiger partial charge in [-0.1, -0.05) is 0 Å². The summed E-state index contributed by atoms with van der Waals surface area (Å²) in [6.07, 6.45) is 3.16. The van der Waals surface area contributed by atoms with Crippen LogP contribution in [0, 0.1) is 29.6 Å². The van der Waals surface area contributed by atoms with Crippen LogP contribution in [0.5, 0.6) is 5.75 Å². The van der Waals surface area contributed by atoms with Crippen LogP contribution in [0.3, 0.4) is 0 Å². The maximum Gasteiger partial charge on any atom is 0.343 e. The summed E-state index contributed by atoms with van der Waals surface area (Å²) in [5, 5.41) is 17.2. The lowest BCUT2D eigenvalue weighted by molar-refractivity contribution is 0.403. The van der Waals surface area contributed by atoms with Crippen LogP contribution in [0.2, 0.25) is 0 Å². The van der Waals surface area contributed by atoms with E-state index in [1.807, 2.05) is 6.07 Å². The Morgan fingerprint density at radius 1 is 1.38 bits per heavy atom. The fourth-order valence-corrected chi connectivity index (χ4v) is 2.52. The fourth-order valence-electron chi connectivity index (χ4n) is 2.52. The van der Waals surface area contributed by atoms with E-state index in [9.17, 15) is 10.1 Å². The van der Waals surface area contributed by atoms with Crippen molar-refractivity contribution >= 4 is 5.90 Å². The van der Waals surface area contributed by atoms with Crippen molar-refractivity contribution in [2.24, 2.45) is 5.92 Å². The van der Waals surface area contributed by atoms with E-state index in [-0.39, 0.29) is 17.2 Å². The molecule has 0 spiro atoms. The zero-order valence-electron chi connectivity index (χ0n) is 11.2. The summed E-state index contributed by atoms with van der Waals surface area (Å²) in [5.41, 5.74) is 0.455. The molecule has 0 radical (unpaired) electrons. The van der Waals surface area contributed by atoms with Crippen molar-refractivity contribution < 1.29 is 9.15 Å². The predicted molar refractivity (Wildman–Crippen MR) is 73.3 cm³/mol. The monoisotopic (exact) mass is 281 g/mol. The van der Waals surface area contributed by atoms with Crippen LogP contribution in [0.1, 0.15) is 22.8 Å². The molecule has 104 valence electrons. The second kappa shape index (κ2) is 4.87. The number of rotatable bonds is 1. The third kappa shape index (κ3) is 2.09. The predicted octanol–water partition coefficient (Wildman–Crippen LogP) is 1.98. The van der Waals surface area contributed by atoms with Crippen molar-refractivity contribution in [3.63, 3.8) is 0 Å². The minimum atomic E-state index is -0.870. The lowest BCUT2D eigenvalue weighted by atomic mass is 9.80. The van der Waals surface area contributed by atoms with Crippen molar-refractivity contribution in [3.8, 4) is 11.8 Å². The highest BCUT2D eigenvalue weighted by molar-refractivity contribution is 5.84. The van der Waals surface area contributed by atoms with Crippen LogP contribution in [0.4, 0.5) is 0 Å². The van der Waals surface area contributed by atoms with E-state index in [4.69, 9.17) is 14.6 Å². The van der Waals surface area contributed by atoms with Gasteiger partial charge in [-0.3, -0.25) is 10.4 Å². The highest BCUT2D eigenvalue weighted by atomic mass is 16.5. The second-order valence-corrected chi connectivity index (χ2v) is 4.75. The molecule has 2 atom stereocenters. The lowest BCUT2D eigenvalue weighted by Gasteiger charge is -2.28. The van der Waals surface area contributed by atoms with Gasteiger partial charge in [-0.2, -0.15) is 5.26 Å². The number of aryl methyl sites for hydroxylation is 1. The largest absolute Gasteiger partial charge is 0.441 e. The molecule has 1 aliphatic heterocycles. The Bertz CT molecular complexity index is 805. The van der Waals surface area contributed by atoms with Gasteiger partial charge in [-0.25, -0.2) is 4.79 Å². The Morgan fingerprint density at radius 3 is 2.76 bits per heavy atom. The molecule has 2 aromatic rings.